The molecule has 1 aromatic heterocycles. The number of benzene rings is 2. The summed E-state index contributed by atoms with van der Waals surface area (Å²) >= 11 is 0. The van der Waals surface area contributed by atoms with Gasteiger partial charge < -0.3 is 0 Å². The number of nitrogens with zero attached hydrogens (tertiary/aromatic N) is 4. The van der Waals surface area contributed by atoms with Crippen LogP contribution in [0.15, 0.2) is 53.4 Å². The number of carbonyl (C=O) groups excluding carboxylic acids is 2. The highest BCUT2D eigenvalue weighted by atomic mass is 32.2. The van der Waals surface area contributed by atoms with E-state index in [0.29, 0.717) is 17.5 Å². The first-order chi connectivity index (χ1) is 15.4. The maximum absolute atomic E-state index is 12.3. The van der Waals surface area contributed by atoms with Crippen molar-refractivity contribution in [3.05, 3.63) is 65.2 Å². The van der Waals surface area contributed by atoms with Crippen LogP contribution >= 0.6 is 0 Å². The number of nitrogens with one attached hydrogen (secondary N) is 3. The van der Waals surface area contributed by atoms with Crippen LogP contribution in [0.5, 0.6) is 0 Å². The minimum Gasteiger partial charge on any atom is -0.294 e. The van der Waals surface area contributed by atoms with Gasteiger partial charge in [0.2, 0.25) is 15.9 Å². The number of amides is 1. The number of Topliss-reactive ketones (excluding diaryl/α,β-unsaturated/α-hetero) is 1. The summed E-state index contributed by atoms with van der Waals surface area (Å²) in [7, 11) is -3.68. The van der Waals surface area contributed by atoms with E-state index in [1.807, 2.05) is 6.07 Å². The number of aromatic nitrogens is 4. The molecule has 0 atom stereocenters. The summed E-state index contributed by atoms with van der Waals surface area (Å²) in [5.74, 6) is -0.547. The number of aromatic amines is 1. The van der Waals surface area contributed by atoms with Crippen molar-refractivity contribution in [1.82, 2.24) is 25.3 Å². The molecule has 0 aliphatic heterocycles. The smallest absolute Gasteiger partial charge is 0.269 e. The molecular weight excluding hydrogens is 434 g/mol. The van der Waals surface area contributed by atoms with Crippen molar-refractivity contribution in [2.45, 2.75) is 24.2 Å². The van der Waals surface area contributed by atoms with Crippen LogP contribution < -0.4 is 10.0 Å². The quantitative estimate of drug-likeness (QED) is 0.384. The van der Waals surface area contributed by atoms with E-state index < -0.39 is 15.9 Å². The maximum atomic E-state index is 12.3. The van der Waals surface area contributed by atoms with Crippen LogP contribution in [-0.2, 0) is 21.2 Å². The van der Waals surface area contributed by atoms with Gasteiger partial charge in [0.05, 0.1) is 16.5 Å². The molecule has 0 fully saturated rings. The van der Waals surface area contributed by atoms with E-state index in [9.17, 15) is 18.0 Å². The third kappa shape index (κ3) is 6.27. The summed E-state index contributed by atoms with van der Waals surface area (Å²) in [6.45, 7) is 0.173. The van der Waals surface area contributed by atoms with Crippen LogP contribution in [0.4, 0.5) is 5.95 Å². The Hall–Kier alpha value is -3.95. The van der Waals surface area contributed by atoms with E-state index in [1.165, 1.54) is 24.3 Å². The Labute approximate surface area is 183 Å². The molecule has 32 heavy (non-hydrogen) atoms. The first-order valence-electron chi connectivity index (χ1n) is 9.52. The molecule has 0 aliphatic rings. The molecule has 0 radical (unpaired) electrons. The Bertz CT molecular complexity index is 1220. The third-order valence-corrected chi connectivity index (χ3v) is 5.93. The van der Waals surface area contributed by atoms with Gasteiger partial charge >= 0.3 is 0 Å². The zero-order valence-electron chi connectivity index (χ0n) is 16.8. The average molecular weight is 453 g/mol. The second-order valence-corrected chi connectivity index (χ2v) is 8.45. The van der Waals surface area contributed by atoms with Crippen molar-refractivity contribution in [2.75, 3.05) is 11.9 Å². The minimum absolute atomic E-state index is 0.0213. The Morgan fingerprint density at radius 2 is 1.75 bits per heavy atom. The highest BCUT2D eigenvalue weighted by Crippen LogP contribution is 2.12. The zero-order valence-corrected chi connectivity index (χ0v) is 17.6. The van der Waals surface area contributed by atoms with E-state index in [2.05, 4.69) is 30.7 Å². The van der Waals surface area contributed by atoms with Crippen LogP contribution in [0, 0.1) is 11.3 Å². The van der Waals surface area contributed by atoms with Gasteiger partial charge in [-0.3, -0.25) is 14.9 Å². The lowest BCUT2D eigenvalue weighted by Crippen LogP contribution is -2.26. The molecule has 3 aromatic rings. The molecule has 11 nitrogen and oxygen atoms in total. The number of hydrogen-bond donors (Lipinski definition) is 3. The molecule has 1 amide bonds. The maximum Gasteiger partial charge on any atom is 0.269 e. The summed E-state index contributed by atoms with van der Waals surface area (Å²) in [5.41, 5.74) is 1.68. The topological polar surface area (TPSA) is 171 Å². The van der Waals surface area contributed by atoms with Gasteiger partial charge in [-0.05, 0) is 41.5 Å². The third-order valence-electron chi connectivity index (χ3n) is 4.45. The van der Waals surface area contributed by atoms with Crippen molar-refractivity contribution in [1.29, 1.82) is 5.26 Å². The standard InChI is InChI=1S/C20H19N7O4S/c21-13-15-3-7-17(8-4-15)32(30,31)22-12-11-14-1-5-16(6-2-14)18(28)9-10-19(29)23-20-24-26-27-25-20/h1-8,22H,9-12H2,(H2,23,24,25,26,27,29). The normalized spacial score (nSPS) is 11.0. The second-order valence-electron chi connectivity index (χ2n) is 6.69. The highest BCUT2D eigenvalue weighted by Gasteiger charge is 2.14. The molecule has 0 saturated heterocycles. The van der Waals surface area contributed by atoms with Gasteiger partial charge in [0, 0.05) is 24.9 Å². The Balaban J connectivity index is 1.46. The van der Waals surface area contributed by atoms with Crippen LogP contribution in [0.3, 0.4) is 0 Å². The molecule has 0 saturated carbocycles. The van der Waals surface area contributed by atoms with Crippen LogP contribution in [-0.4, -0.2) is 47.3 Å². The molecule has 3 rings (SSSR count). The Morgan fingerprint density at radius 1 is 1.03 bits per heavy atom. The predicted molar refractivity (Wildman–Crippen MR) is 113 cm³/mol. The first-order valence-corrected chi connectivity index (χ1v) is 11.0. The summed E-state index contributed by atoms with van der Waals surface area (Å²) in [6, 6.07) is 14.3. The van der Waals surface area contributed by atoms with Crippen LogP contribution in [0.25, 0.3) is 0 Å². The molecule has 164 valence electrons. The average Bonchev–Trinajstić information content (AvgIpc) is 3.31. The van der Waals surface area contributed by atoms with E-state index in [4.69, 9.17) is 5.26 Å². The van der Waals surface area contributed by atoms with Gasteiger partial charge in [-0.25, -0.2) is 13.1 Å². The van der Waals surface area contributed by atoms with Gasteiger partial charge in [0.15, 0.2) is 5.78 Å². The van der Waals surface area contributed by atoms with Crippen molar-refractivity contribution < 1.29 is 18.0 Å². The summed E-state index contributed by atoms with van der Waals surface area (Å²) < 4.78 is 27.1. The number of H-pyrrole nitrogens is 1. The SMILES string of the molecule is N#Cc1ccc(S(=O)(=O)NCCc2ccc(C(=O)CCC(=O)Nc3nn[nH]n3)cc2)cc1. The number of hydrogen-bond acceptors (Lipinski definition) is 8. The largest absolute Gasteiger partial charge is 0.294 e. The van der Waals surface area contributed by atoms with Gasteiger partial charge in [0.25, 0.3) is 5.95 Å². The minimum atomic E-state index is -3.68. The molecule has 0 aliphatic carbocycles. The lowest BCUT2D eigenvalue weighted by Gasteiger charge is -2.08. The number of rotatable bonds is 10. The lowest BCUT2D eigenvalue weighted by molar-refractivity contribution is -0.116. The summed E-state index contributed by atoms with van der Waals surface area (Å²) in [5, 5.41) is 23.9. The number of sulfonamides is 1. The molecule has 3 N–H and O–H groups in total. The van der Waals surface area contributed by atoms with E-state index in [0.717, 1.165) is 5.56 Å². The molecule has 2 aromatic carbocycles. The lowest BCUT2D eigenvalue weighted by atomic mass is 10.0. The van der Waals surface area contributed by atoms with Crippen molar-refractivity contribution in [3.63, 3.8) is 0 Å². The predicted octanol–water partition coefficient (Wildman–Crippen LogP) is 1.19. The molecule has 0 bridgehead atoms. The van der Waals surface area contributed by atoms with Gasteiger partial charge in [-0.15, -0.1) is 5.10 Å². The number of nitriles is 1. The Kier molecular flexibility index (Phi) is 7.37. The van der Waals surface area contributed by atoms with Gasteiger partial charge in [-0.1, -0.05) is 29.4 Å². The Morgan fingerprint density at radius 3 is 2.38 bits per heavy atom. The first kappa shape index (κ1) is 22.7. The molecule has 12 heteroatoms. The zero-order chi connectivity index (χ0) is 23.0. The second kappa shape index (κ2) is 10.4. The highest BCUT2D eigenvalue weighted by molar-refractivity contribution is 7.89. The summed E-state index contributed by atoms with van der Waals surface area (Å²) in [6.07, 6.45) is 0.427. The van der Waals surface area contributed by atoms with Gasteiger partial charge in [-0.2, -0.15) is 10.5 Å². The molecule has 0 unspecified atom stereocenters. The van der Waals surface area contributed by atoms with Crippen molar-refractivity contribution >= 4 is 27.7 Å². The van der Waals surface area contributed by atoms with Crippen LogP contribution in [0.2, 0.25) is 0 Å². The van der Waals surface area contributed by atoms with Crippen molar-refractivity contribution in [3.8, 4) is 6.07 Å². The fourth-order valence-electron chi connectivity index (χ4n) is 2.75. The molecule has 0 spiro atoms. The van der Waals surface area contributed by atoms with Crippen molar-refractivity contribution in [2.24, 2.45) is 0 Å². The van der Waals surface area contributed by atoms with Crippen LogP contribution in [0.1, 0.15) is 34.3 Å². The van der Waals surface area contributed by atoms with Gasteiger partial charge in [0.1, 0.15) is 0 Å². The summed E-state index contributed by atoms with van der Waals surface area (Å²) in [4.78, 5) is 24.1. The van der Waals surface area contributed by atoms with E-state index in [1.54, 1.807) is 24.3 Å². The monoisotopic (exact) mass is 453 g/mol. The fraction of sp³-hybridized carbons (Fsp3) is 0.200. The number of tetrazole rings is 1. The van der Waals surface area contributed by atoms with E-state index in [-0.39, 0.29) is 36.0 Å². The number of ketones is 1. The number of anilines is 1. The van der Waals surface area contributed by atoms with E-state index >= 15 is 0 Å². The number of carbonyl (C=O) groups is 2. The fourth-order valence-corrected chi connectivity index (χ4v) is 3.78. The molecular formula is C20H19N7O4S. The molecule has 1 heterocycles.